The Morgan fingerprint density at radius 1 is 0.906 bits per heavy atom. The maximum atomic E-state index is 11.5. The summed E-state index contributed by atoms with van der Waals surface area (Å²) >= 11 is 0. The van der Waals surface area contributed by atoms with Crippen molar-refractivity contribution in [3.8, 4) is 5.75 Å². The topological polar surface area (TPSA) is 185 Å². The number of hydrogen-bond acceptors (Lipinski definition) is 12. The van der Waals surface area contributed by atoms with Gasteiger partial charge in [0.1, 0.15) is 48.5 Å². The first-order valence-electron chi connectivity index (χ1n) is 10.0. The Morgan fingerprint density at radius 3 is 2.12 bits per heavy atom. The van der Waals surface area contributed by atoms with E-state index in [0.29, 0.717) is 5.56 Å². The van der Waals surface area contributed by atoms with E-state index in [0.717, 1.165) is 0 Å². The SMILES string of the molecule is COC(=O)c1ccc(O[C@@H]2O[C@H](C)[C@@H](O[C@@H]3O[C@H](CO)[C@H](O)[C@H](O)[C@H]3O)[C@H](O)[C@H]2O)cc1. The fourth-order valence-corrected chi connectivity index (χ4v) is 3.55. The quantitative estimate of drug-likeness (QED) is 0.246. The van der Waals surface area contributed by atoms with Gasteiger partial charge in [0.05, 0.1) is 25.4 Å². The lowest BCUT2D eigenvalue weighted by molar-refractivity contribution is -0.348. The molecule has 0 aliphatic carbocycles. The van der Waals surface area contributed by atoms with Gasteiger partial charge in [-0.3, -0.25) is 0 Å². The maximum Gasteiger partial charge on any atom is 0.337 e. The number of benzene rings is 1. The summed E-state index contributed by atoms with van der Waals surface area (Å²) in [6.07, 6.45) is -14.0. The monoisotopic (exact) mass is 460 g/mol. The first kappa shape index (κ1) is 24.8. The lowest BCUT2D eigenvalue weighted by Gasteiger charge is -2.45. The first-order valence-corrected chi connectivity index (χ1v) is 10.0. The van der Waals surface area contributed by atoms with Crippen LogP contribution in [0.15, 0.2) is 24.3 Å². The molecule has 0 unspecified atom stereocenters. The molecule has 2 heterocycles. The Balaban J connectivity index is 1.65. The Hall–Kier alpha value is -1.87. The molecule has 0 aromatic heterocycles. The predicted octanol–water partition coefficient (Wildman–Crippen LogP) is -2.50. The minimum atomic E-state index is -1.67. The number of methoxy groups -OCH3 is 1. The highest BCUT2D eigenvalue weighted by atomic mass is 16.7. The van der Waals surface area contributed by atoms with E-state index in [1.54, 1.807) is 0 Å². The van der Waals surface area contributed by atoms with Gasteiger partial charge in [-0.1, -0.05) is 0 Å². The zero-order valence-corrected chi connectivity index (χ0v) is 17.4. The van der Waals surface area contributed by atoms with E-state index in [9.17, 15) is 35.4 Å². The molecule has 1 aromatic carbocycles. The molecule has 32 heavy (non-hydrogen) atoms. The van der Waals surface area contributed by atoms with Crippen molar-refractivity contribution in [2.24, 2.45) is 0 Å². The van der Waals surface area contributed by atoms with Crippen LogP contribution in [0.2, 0.25) is 0 Å². The zero-order chi connectivity index (χ0) is 23.6. The molecule has 2 fully saturated rings. The van der Waals surface area contributed by atoms with Crippen molar-refractivity contribution < 1.29 is 59.1 Å². The highest BCUT2D eigenvalue weighted by Crippen LogP contribution is 2.30. The Bertz CT molecular complexity index is 755. The minimum absolute atomic E-state index is 0.259. The van der Waals surface area contributed by atoms with Crippen LogP contribution in [0.3, 0.4) is 0 Å². The molecule has 10 atom stereocenters. The fourth-order valence-electron chi connectivity index (χ4n) is 3.55. The number of esters is 1. The van der Waals surface area contributed by atoms with E-state index in [4.69, 9.17) is 18.9 Å². The number of aliphatic hydroxyl groups excluding tert-OH is 6. The van der Waals surface area contributed by atoms with Crippen molar-refractivity contribution in [3.63, 3.8) is 0 Å². The van der Waals surface area contributed by atoms with Gasteiger partial charge in [-0.15, -0.1) is 0 Å². The third-order valence-electron chi connectivity index (χ3n) is 5.44. The molecule has 2 aliphatic rings. The van der Waals surface area contributed by atoms with E-state index < -0.39 is 74.0 Å². The Morgan fingerprint density at radius 2 is 1.53 bits per heavy atom. The second kappa shape index (κ2) is 10.4. The molecule has 0 radical (unpaired) electrons. The van der Waals surface area contributed by atoms with E-state index in [2.05, 4.69) is 4.74 Å². The van der Waals surface area contributed by atoms with Crippen LogP contribution in [0.1, 0.15) is 17.3 Å². The number of carbonyl (C=O) groups excluding carboxylic acids is 1. The zero-order valence-electron chi connectivity index (χ0n) is 17.4. The minimum Gasteiger partial charge on any atom is -0.465 e. The number of hydrogen-bond donors (Lipinski definition) is 6. The third kappa shape index (κ3) is 5.03. The summed E-state index contributed by atoms with van der Waals surface area (Å²) in [5.41, 5.74) is 0.298. The van der Waals surface area contributed by atoms with Gasteiger partial charge in [-0.25, -0.2) is 4.79 Å². The molecule has 1 aromatic rings. The van der Waals surface area contributed by atoms with Crippen molar-refractivity contribution in [1.29, 1.82) is 0 Å². The van der Waals surface area contributed by atoms with E-state index in [1.807, 2.05) is 0 Å². The highest BCUT2D eigenvalue weighted by Gasteiger charge is 2.50. The molecule has 12 nitrogen and oxygen atoms in total. The predicted molar refractivity (Wildman–Crippen MR) is 103 cm³/mol. The van der Waals surface area contributed by atoms with Gasteiger partial charge in [0.15, 0.2) is 6.29 Å². The summed E-state index contributed by atoms with van der Waals surface area (Å²) in [7, 11) is 1.25. The Labute approximate surface area is 183 Å². The lowest BCUT2D eigenvalue weighted by atomic mass is 9.97. The molecule has 180 valence electrons. The van der Waals surface area contributed by atoms with Crippen molar-refractivity contribution >= 4 is 5.97 Å². The van der Waals surface area contributed by atoms with Crippen molar-refractivity contribution in [1.82, 2.24) is 0 Å². The van der Waals surface area contributed by atoms with Gasteiger partial charge < -0.3 is 54.3 Å². The van der Waals surface area contributed by atoms with Crippen LogP contribution < -0.4 is 4.74 Å². The summed E-state index contributed by atoms with van der Waals surface area (Å²) in [5, 5.41) is 60.2. The van der Waals surface area contributed by atoms with Crippen LogP contribution in [-0.4, -0.2) is 112 Å². The van der Waals surface area contributed by atoms with Gasteiger partial charge >= 0.3 is 5.97 Å². The van der Waals surface area contributed by atoms with Crippen LogP contribution >= 0.6 is 0 Å². The summed E-state index contributed by atoms with van der Waals surface area (Å²) < 4.78 is 26.6. The fraction of sp³-hybridized carbons (Fsp3) is 0.650. The number of ether oxygens (including phenoxy) is 5. The molecular weight excluding hydrogens is 432 g/mol. The average Bonchev–Trinajstić information content (AvgIpc) is 2.79. The highest BCUT2D eigenvalue weighted by molar-refractivity contribution is 5.89. The summed E-state index contributed by atoms with van der Waals surface area (Å²) in [6, 6.07) is 5.86. The van der Waals surface area contributed by atoms with Gasteiger partial charge in [-0.2, -0.15) is 0 Å². The lowest BCUT2D eigenvalue weighted by Crippen LogP contribution is -2.64. The smallest absolute Gasteiger partial charge is 0.337 e. The maximum absolute atomic E-state index is 11.5. The average molecular weight is 460 g/mol. The molecule has 0 amide bonds. The van der Waals surface area contributed by atoms with Crippen LogP contribution in [0.25, 0.3) is 0 Å². The molecule has 2 aliphatic heterocycles. The van der Waals surface area contributed by atoms with Crippen molar-refractivity contribution in [3.05, 3.63) is 29.8 Å². The molecular formula is C20H28O12. The molecule has 2 saturated heterocycles. The van der Waals surface area contributed by atoms with E-state index in [1.165, 1.54) is 38.3 Å². The van der Waals surface area contributed by atoms with Crippen molar-refractivity contribution in [2.75, 3.05) is 13.7 Å². The van der Waals surface area contributed by atoms with E-state index >= 15 is 0 Å². The standard InChI is InChI=1S/C20H28O12/c1-8-17(32-20-15(25)13(23)12(22)11(7-21)31-20)14(24)16(26)19(29-8)30-10-5-3-9(4-6-10)18(27)28-2/h3-6,8,11-17,19-26H,7H2,1-2H3/t8-,11-,12+,13+,14-,15-,16-,17-,19+,20+/m1/s1. The van der Waals surface area contributed by atoms with Gasteiger partial charge in [0, 0.05) is 0 Å². The van der Waals surface area contributed by atoms with Gasteiger partial charge in [-0.05, 0) is 31.2 Å². The van der Waals surface area contributed by atoms with Gasteiger partial charge in [0.2, 0.25) is 6.29 Å². The molecule has 0 saturated carbocycles. The van der Waals surface area contributed by atoms with Gasteiger partial charge in [0.25, 0.3) is 0 Å². The molecule has 12 heteroatoms. The normalized spacial score (nSPS) is 40.0. The van der Waals surface area contributed by atoms with Crippen LogP contribution in [-0.2, 0) is 18.9 Å². The number of rotatable bonds is 6. The second-order valence-corrected chi connectivity index (χ2v) is 7.62. The first-order chi connectivity index (χ1) is 15.2. The molecule has 3 rings (SSSR count). The van der Waals surface area contributed by atoms with Crippen LogP contribution in [0.5, 0.6) is 5.75 Å². The second-order valence-electron chi connectivity index (χ2n) is 7.62. The Kier molecular flexibility index (Phi) is 8.03. The summed E-state index contributed by atoms with van der Waals surface area (Å²) in [5.74, 6) is -0.267. The molecule has 0 spiro atoms. The van der Waals surface area contributed by atoms with Crippen LogP contribution in [0.4, 0.5) is 0 Å². The van der Waals surface area contributed by atoms with E-state index in [-0.39, 0.29) is 5.75 Å². The molecule has 6 N–H and O–H groups in total. The third-order valence-corrected chi connectivity index (χ3v) is 5.44. The molecule has 0 bridgehead atoms. The summed E-state index contributed by atoms with van der Waals surface area (Å²) in [4.78, 5) is 11.5. The number of aliphatic hydroxyl groups is 6. The van der Waals surface area contributed by atoms with Crippen molar-refractivity contribution in [2.45, 2.75) is 68.3 Å². The number of carbonyl (C=O) groups is 1. The van der Waals surface area contributed by atoms with Crippen LogP contribution in [0, 0.1) is 0 Å². The summed E-state index contributed by atoms with van der Waals surface area (Å²) in [6.45, 7) is 0.887. The largest absolute Gasteiger partial charge is 0.465 e.